The number of ketones is 1. The van der Waals surface area contributed by atoms with E-state index in [1.807, 2.05) is 0 Å². The first-order chi connectivity index (χ1) is 8.41. The van der Waals surface area contributed by atoms with Crippen molar-refractivity contribution in [2.24, 2.45) is 11.8 Å². The quantitative estimate of drug-likeness (QED) is 0.844. The molecule has 1 fully saturated rings. The van der Waals surface area contributed by atoms with Gasteiger partial charge in [-0.1, -0.05) is 25.1 Å². The number of nitrogens with one attached hydrogen (secondary N) is 1. The Morgan fingerprint density at radius 2 is 1.94 bits per heavy atom. The number of Topliss-reactive ketones (excluding diaryl/α,β-unsaturated/α-hetero) is 1. The fraction of sp³-hybridized carbons (Fsp3) is 0.462. The van der Waals surface area contributed by atoms with Gasteiger partial charge >= 0.3 is 6.18 Å². The van der Waals surface area contributed by atoms with Crippen molar-refractivity contribution in [3.63, 3.8) is 0 Å². The number of hydrogen-bond donors (Lipinski definition) is 1. The zero-order valence-electron chi connectivity index (χ0n) is 9.92. The maximum atomic E-state index is 12.8. The molecule has 1 aromatic rings. The zero-order valence-corrected chi connectivity index (χ0v) is 9.92. The predicted molar refractivity (Wildman–Crippen MR) is 61.3 cm³/mol. The predicted octanol–water partition coefficient (Wildman–Crippen LogP) is 2.74. The molecule has 1 heterocycles. The number of carbonyl (C=O) groups is 1. The Bertz CT molecular complexity index is 452. The molecule has 1 aromatic carbocycles. The number of rotatable bonds is 3. The average Bonchev–Trinajstić information content (AvgIpc) is 2.24. The number of carbonyl (C=O) groups excluding carboxylic acids is 1. The lowest BCUT2D eigenvalue weighted by atomic mass is 9.82. The van der Waals surface area contributed by atoms with Gasteiger partial charge in [0.1, 0.15) is 0 Å². The second kappa shape index (κ2) is 4.72. The fourth-order valence-electron chi connectivity index (χ4n) is 2.07. The zero-order chi connectivity index (χ0) is 13.3. The third-order valence-corrected chi connectivity index (χ3v) is 3.43. The van der Waals surface area contributed by atoms with E-state index in [0.717, 1.165) is 6.07 Å². The molecule has 0 amide bonds. The molecule has 0 aromatic heterocycles. The molecule has 2 rings (SSSR count). The van der Waals surface area contributed by atoms with Crippen LogP contribution in [-0.4, -0.2) is 18.9 Å². The lowest BCUT2D eigenvalue weighted by Crippen LogP contribution is -2.47. The van der Waals surface area contributed by atoms with E-state index >= 15 is 0 Å². The van der Waals surface area contributed by atoms with Crippen LogP contribution in [0.1, 0.15) is 22.8 Å². The summed E-state index contributed by atoms with van der Waals surface area (Å²) in [6, 6.07) is 4.98. The van der Waals surface area contributed by atoms with Crippen molar-refractivity contribution >= 4 is 5.78 Å². The largest absolute Gasteiger partial charge is 0.417 e. The Kier molecular flexibility index (Phi) is 3.43. The third-order valence-electron chi connectivity index (χ3n) is 3.43. The highest BCUT2D eigenvalue weighted by molar-refractivity contribution is 5.99. The molecule has 1 saturated heterocycles. The Morgan fingerprint density at radius 1 is 1.33 bits per heavy atom. The molecule has 0 aliphatic carbocycles. The molecule has 0 radical (unpaired) electrons. The van der Waals surface area contributed by atoms with Crippen LogP contribution in [0.2, 0.25) is 0 Å². The van der Waals surface area contributed by atoms with Crippen LogP contribution in [-0.2, 0) is 6.18 Å². The first kappa shape index (κ1) is 13.1. The molecule has 0 bridgehead atoms. The summed E-state index contributed by atoms with van der Waals surface area (Å²) in [5, 5.41) is 3.02. The summed E-state index contributed by atoms with van der Waals surface area (Å²) in [5.74, 6) is -0.664. The average molecular weight is 257 g/mol. The van der Waals surface area contributed by atoms with E-state index in [-0.39, 0.29) is 17.4 Å². The number of benzene rings is 1. The molecule has 5 heteroatoms. The fourth-order valence-corrected chi connectivity index (χ4v) is 2.07. The molecule has 1 aliphatic heterocycles. The molecule has 2 nitrogen and oxygen atoms in total. The van der Waals surface area contributed by atoms with E-state index in [4.69, 9.17) is 0 Å². The van der Waals surface area contributed by atoms with Crippen LogP contribution < -0.4 is 5.32 Å². The SMILES string of the molecule is CC(C(=O)c1ccccc1C(F)(F)F)C1CNC1. The molecular weight excluding hydrogens is 243 g/mol. The van der Waals surface area contributed by atoms with Gasteiger partial charge in [0.05, 0.1) is 5.56 Å². The van der Waals surface area contributed by atoms with Gasteiger partial charge in [0.25, 0.3) is 0 Å². The monoisotopic (exact) mass is 257 g/mol. The number of hydrogen-bond acceptors (Lipinski definition) is 2. The van der Waals surface area contributed by atoms with Crippen molar-refractivity contribution in [1.29, 1.82) is 0 Å². The minimum Gasteiger partial charge on any atom is -0.316 e. The van der Waals surface area contributed by atoms with Crippen LogP contribution in [0.25, 0.3) is 0 Å². The van der Waals surface area contributed by atoms with Gasteiger partial charge in [0.15, 0.2) is 5.78 Å². The van der Waals surface area contributed by atoms with Crippen molar-refractivity contribution in [1.82, 2.24) is 5.32 Å². The Hall–Kier alpha value is -1.36. The lowest BCUT2D eigenvalue weighted by Gasteiger charge is -2.32. The van der Waals surface area contributed by atoms with Gasteiger partial charge in [-0.2, -0.15) is 13.2 Å². The second-order valence-corrected chi connectivity index (χ2v) is 4.61. The molecule has 0 saturated carbocycles. The third kappa shape index (κ3) is 2.41. The summed E-state index contributed by atoms with van der Waals surface area (Å²) in [5.41, 5.74) is -1.06. The van der Waals surface area contributed by atoms with Crippen LogP contribution in [0.5, 0.6) is 0 Å². The molecule has 18 heavy (non-hydrogen) atoms. The summed E-state index contributed by atoms with van der Waals surface area (Å²) in [6.45, 7) is 3.09. The first-order valence-electron chi connectivity index (χ1n) is 5.82. The summed E-state index contributed by atoms with van der Waals surface area (Å²) in [4.78, 5) is 12.1. The molecule has 0 spiro atoms. The Morgan fingerprint density at radius 3 is 2.44 bits per heavy atom. The van der Waals surface area contributed by atoms with Crippen molar-refractivity contribution in [3.8, 4) is 0 Å². The molecule has 1 aliphatic rings. The van der Waals surface area contributed by atoms with Crippen molar-refractivity contribution in [2.45, 2.75) is 13.1 Å². The van der Waals surface area contributed by atoms with Crippen molar-refractivity contribution in [2.75, 3.05) is 13.1 Å². The van der Waals surface area contributed by atoms with Crippen molar-refractivity contribution < 1.29 is 18.0 Å². The Labute approximate surface area is 103 Å². The van der Waals surface area contributed by atoms with Crippen LogP contribution >= 0.6 is 0 Å². The highest BCUT2D eigenvalue weighted by Crippen LogP contribution is 2.33. The lowest BCUT2D eigenvalue weighted by molar-refractivity contribution is -0.137. The summed E-state index contributed by atoms with van der Waals surface area (Å²) >= 11 is 0. The first-order valence-corrected chi connectivity index (χ1v) is 5.82. The van der Waals surface area contributed by atoms with Gasteiger partial charge in [-0.3, -0.25) is 4.79 Å². The maximum Gasteiger partial charge on any atom is 0.417 e. The van der Waals surface area contributed by atoms with E-state index in [2.05, 4.69) is 5.32 Å². The van der Waals surface area contributed by atoms with Crippen LogP contribution in [0.15, 0.2) is 24.3 Å². The molecule has 98 valence electrons. The molecule has 1 unspecified atom stereocenters. The van der Waals surface area contributed by atoms with Gasteiger partial charge in [-0.15, -0.1) is 0 Å². The standard InChI is InChI=1S/C13H14F3NO/c1-8(9-6-17-7-9)12(18)10-4-2-3-5-11(10)13(14,15)16/h2-5,8-9,17H,6-7H2,1H3. The van der Waals surface area contributed by atoms with Gasteiger partial charge in [-0.25, -0.2) is 0 Å². The summed E-state index contributed by atoms with van der Waals surface area (Å²) in [7, 11) is 0. The van der Waals surface area contributed by atoms with Crippen molar-refractivity contribution in [3.05, 3.63) is 35.4 Å². The topological polar surface area (TPSA) is 29.1 Å². The minimum absolute atomic E-state index is 0.138. The summed E-state index contributed by atoms with van der Waals surface area (Å²) < 4.78 is 38.4. The van der Waals surface area contributed by atoms with Crippen LogP contribution in [0.3, 0.4) is 0 Å². The Balaban J connectivity index is 2.29. The van der Waals surface area contributed by atoms with E-state index in [9.17, 15) is 18.0 Å². The molecule has 1 N–H and O–H groups in total. The smallest absolute Gasteiger partial charge is 0.316 e. The van der Waals surface area contributed by atoms with Gasteiger partial charge in [-0.05, 0) is 25.1 Å². The number of halogens is 3. The van der Waals surface area contributed by atoms with E-state index in [0.29, 0.717) is 13.1 Å². The summed E-state index contributed by atoms with van der Waals surface area (Å²) in [6.07, 6.45) is -4.48. The normalized spacial score (nSPS) is 18.2. The van der Waals surface area contributed by atoms with Gasteiger partial charge in [0.2, 0.25) is 0 Å². The minimum atomic E-state index is -4.48. The van der Waals surface area contributed by atoms with E-state index in [1.54, 1.807) is 6.92 Å². The van der Waals surface area contributed by atoms with Crippen LogP contribution in [0, 0.1) is 11.8 Å². The van der Waals surface area contributed by atoms with E-state index in [1.165, 1.54) is 18.2 Å². The number of alkyl halides is 3. The van der Waals surface area contributed by atoms with E-state index < -0.39 is 17.5 Å². The molecular formula is C13H14F3NO. The van der Waals surface area contributed by atoms with Crippen LogP contribution in [0.4, 0.5) is 13.2 Å². The maximum absolute atomic E-state index is 12.8. The highest BCUT2D eigenvalue weighted by Gasteiger charge is 2.37. The van der Waals surface area contributed by atoms with Gasteiger partial charge in [0, 0.05) is 11.5 Å². The molecule has 1 atom stereocenters. The highest BCUT2D eigenvalue weighted by atomic mass is 19.4. The van der Waals surface area contributed by atoms with Gasteiger partial charge < -0.3 is 5.32 Å². The second-order valence-electron chi connectivity index (χ2n) is 4.61.